The standard InChI is InChI=1S/C21H26N2O2/c1-16-7-9-19(10-8-16)25-15-21(24)23-13-11-22(12-14-23)20-6-4-5-17(2)18(20)3/h4-10H,11-15H2,1-3H3. The number of piperazine rings is 1. The van der Waals surface area contributed by atoms with Gasteiger partial charge in [0.05, 0.1) is 0 Å². The number of anilines is 1. The molecule has 3 rings (SSSR count). The first-order chi connectivity index (χ1) is 12.0. The summed E-state index contributed by atoms with van der Waals surface area (Å²) in [6, 6.07) is 14.2. The summed E-state index contributed by atoms with van der Waals surface area (Å²) < 4.78 is 5.62. The summed E-state index contributed by atoms with van der Waals surface area (Å²) >= 11 is 0. The van der Waals surface area contributed by atoms with Crippen LogP contribution in [-0.4, -0.2) is 43.6 Å². The third-order valence-corrected chi connectivity index (χ3v) is 4.93. The molecule has 1 aliphatic rings. The fourth-order valence-electron chi connectivity index (χ4n) is 3.15. The van der Waals surface area contributed by atoms with E-state index in [-0.39, 0.29) is 12.5 Å². The predicted molar refractivity (Wildman–Crippen MR) is 101 cm³/mol. The molecule has 2 aromatic rings. The number of carbonyl (C=O) groups is 1. The predicted octanol–water partition coefficient (Wildman–Crippen LogP) is 3.34. The van der Waals surface area contributed by atoms with Crippen LogP contribution in [0.25, 0.3) is 0 Å². The normalized spacial score (nSPS) is 14.5. The van der Waals surface area contributed by atoms with Gasteiger partial charge in [0.15, 0.2) is 6.61 Å². The maximum Gasteiger partial charge on any atom is 0.260 e. The minimum Gasteiger partial charge on any atom is -0.484 e. The monoisotopic (exact) mass is 338 g/mol. The second kappa shape index (κ2) is 7.60. The topological polar surface area (TPSA) is 32.8 Å². The van der Waals surface area contributed by atoms with Gasteiger partial charge >= 0.3 is 0 Å². The molecular formula is C21H26N2O2. The van der Waals surface area contributed by atoms with Gasteiger partial charge in [0, 0.05) is 31.9 Å². The van der Waals surface area contributed by atoms with E-state index in [9.17, 15) is 4.79 Å². The maximum atomic E-state index is 12.4. The zero-order valence-electron chi connectivity index (χ0n) is 15.3. The van der Waals surface area contributed by atoms with Crippen LogP contribution in [0.4, 0.5) is 5.69 Å². The number of carbonyl (C=O) groups excluding carboxylic acids is 1. The van der Waals surface area contributed by atoms with Crippen LogP contribution in [0.5, 0.6) is 5.75 Å². The molecule has 1 fully saturated rings. The number of ether oxygens (including phenoxy) is 1. The number of nitrogens with zero attached hydrogens (tertiary/aromatic N) is 2. The Balaban J connectivity index is 1.52. The summed E-state index contributed by atoms with van der Waals surface area (Å²) in [4.78, 5) is 16.7. The second-order valence-electron chi connectivity index (χ2n) is 6.69. The van der Waals surface area contributed by atoms with Crippen molar-refractivity contribution in [2.24, 2.45) is 0 Å². The molecule has 1 saturated heterocycles. The SMILES string of the molecule is Cc1ccc(OCC(=O)N2CCN(c3cccc(C)c3C)CC2)cc1. The number of aryl methyl sites for hydroxylation is 2. The van der Waals surface area contributed by atoms with Crippen molar-refractivity contribution in [1.29, 1.82) is 0 Å². The van der Waals surface area contributed by atoms with E-state index in [0.717, 1.165) is 31.9 Å². The number of benzene rings is 2. The first kappa shape index (κ1) is 17.3. The summed E-state index contributed by atoms with van der Waals surface area (Å²) in [6.07, 6.45) is 0. The number of amides is 1. The molecule has 0 N–H and O–H groups in total. The third kappa shape index (κ3) is 4.13. The molecule has 2 aromatic carbocycles. The number of hydrogen-bond donors (Lipinski definition) is 0. The molecule has 0 atom stereocenters. The van der Waals surface area contributed by atoms with Crippen molar-refractivity contribution in [3.63, 3.8) is 0 Å². The van der Waals surface area contributed by atoms with Crippen molar-refractivity contribution in [2.75, 3.05) is 37.7 Å². The second-order valence-corrected chi connectivity index (χ2v) is 6.69. The summed E-state index contributed by atoms with van der Waals surface area (Å²) in [5, 5.41) is 0. The van der Waals surface area contributed by atoms with E-state index >= 15 is 0 Å². The smallest absolute Gasteiger partial charge is 0.260 e. The molecule has 25 heavy (non-hydrogen) atoms. The highest BCUT2D eigenvalue weighted by Crippen LogP contribution is 2.24. The van der Waals surface area contributed by atoms with Crippen molar-refractivity contribution in [2.45, 2.75) is 20.8 Å². The molecule has 1 aliphatic heterocycles. The Morgan fingerprint density at radius 3 is 2.32 bits per heavy atom. The zero-order valence-corrected chi connectivity index (χ0v) is 15.3. The van der Waals surface area contributed by atoms with Crippen LogP contribution in [0, 0.1) is 20.8 Å². The maximum absolute atomic E-state index is 12.4. The number of rotatable bonds is 4. The van der Waals surface area contributed by atoms with Crippen LogP contribution < -0.4 is 9.64 Å². The molecule has 0 unspecified atom stereocenters. The van der Waals surface area contributed by atoms with Gasteiger partial charge in [-0.25, -0.2) is 0 Å². The molecule has 1 amide bonds. The zero-order chi connectivity index (χ0) is 17.8. The van der Waals surface area contributed by atoms with Crippen molar-refractivity contribution in [3.05, 3.63) is 59.2 Å². The van der Waals surface area contributed by atoms with Gasteiger partial charge in [-0.15, -0.1) is 0 Å². The quantitative estimate of drug-likeness (QED) is 0.857. The lowest BCUT2D eigenvalue weighted by atomic mass is 10.1. The van der Waals surface area contributed by atoms with Crippen LogP contribution >= 0.6 is 0 Å². The third-order valence-electron chi connectivity index (χ3n) is 4.93. The van der Waals surface area contributed by atoms with E-state index in [1.165, 1.54) is 22.4 Å². The summed E-state index contributed by atoms with van der Waals surface area (Å²) in [7, 11) is 0. The number of hydrogen-bond acceptors (Lipinski definition) is 3. The molecule has 0 saturated carbocycles. The average molecular weight is 338 g/mol. The molecule has 1 heterocycles. The summed E-state index contributed by atoms with van der Waals surface area (Å²) in [5.74, 6) is 0.800. The van der Waals surface area contributed by atoms with Crippen molar-refractivity contribution >= 4 is 11.6 Å². The van der Waals surface area contributed by atoms with Gasteiger partial charge in [-0.05, 0) is 50.1 Å². The minimum absolute atomic E-state index is 0.0567. The molecular weight excluding hydrogens is 312 g/mol. The van der Waals surface area contributed by atoms with Gasteiger partial charge in [0.2, 0.25) is 0 Å². The largest absolute Gasteiger partial charge is 0.484 e. The average Bonchev–Trinajstić information content (AvgIpc) is 2.63. The van der Waals surface area contributed by atoms with Crippen molar-refractivity contribution in [1.82, 2.24) is 4.90 Å². The molecule has 0 radical (unpaired) electrons. The first-order valence-electron chi connectivity index (χ1n) is 8.83. The Bertz CT molecular complexity index is 732. The highest BCUT2D eigenvalue weighted by molar-refractivity contribution is 5.78. The lowest BCUT2D eigenvalue weighted by Gasteiger charge is -2.37. The molecule has 4 nitrogen and oxygen atoms in total. The molecule has 0 aliphatic carbocycles. The van der Waals surface area contributed by atoms with Gasteiger partial charge in [0.1, 0.15) is 5.75 Å². The Labute approximate surface area is 150 Å². The van der Waals surface area contributed by atoms with Crippen molar-refractivity contribution < 1.29 is 9.53 Å². The highest BCUT2D eigenvalue weighted by Gasteiger charge is 2.22. The van der Waals surface area contributed by atoms with Crippen LogP contribution in [0.2, 0.25) is 0 Å². The molecule has 0 aromatic heterocycles. The van der Waals surface area contributed by atoms with Crippen LogP contribution in [-0.2, 0) is 4.79 Å². The van der Waals surface area contributed by atoms with Gasteiger partial charge in [0.25, 0.3) is 5.91 Å². The van der Waals surface area contributed by atoms with E-state index in [2.05, 4.69) is 36.9 Å². The Kier molecular flexibility index (Phi) is 5.27. The lowest BCUT2D eigenvalue weighted by Crippen LogP contribution is -2.50. The highest BCUT2D eigenvalue weighted by atomic mass is 16.5. The Hall–Kier alpha value is -2.49. The van der Waals surface area contributed by atoms with E-state index in [1.54, 1.807) is 0 Å². The van der Waals surface area contributed by atoms with E-state index in [1.807, 2.05) is 36.1 Å². The van der Waals surface area contributed by atoms with Crippen LogP contribution in [0.1, 0.15) is 16.7 Å². The van der Waals surface area contributed by atoms with Crippen molar-refractivity contribution in [3.8, 4) is 5.75 Å². The summed E-state index contributed by atoms with van der Waals surface area (Å²) in [6.45, 7) is 9.64. The first-order valence-corrected chi connectivity index (χ1v) is 8.83. The molecule has 0 bridgehead atoms. The van der Waals surface area contributed by atoms with E-state index in [0.29, 0.717) is 0 Å². The molecule has 0 spiro atoms. The van der Waals surface area contributed by atoms with Gasteiger partial charge < -0.3 is 14.5 Å². The summed E-state index contributed by atoms with van der Waals surface area (Å²) in [5.41, 5.74) is 5.09. The van der Waals surface area contributed by atoms with Crippen LogP contribution in [0.3, 0.4) is 0 Å². The van der Waals surface area contributed by atoms with E-state index in [4.69, 9.17) is 4.74 Å². The Morgan fingerprint density at radius 2 is 1.64 bits per heavy atom. The van der Waals surface area contributed by atoms with Gasteiger partial charge in [-0.3, -0.25) is 4.79 Å². The molecule has 4 heteroatoms. The Morgan fingerprint density at radius 1 is 0.960 bits per heavy atom. The minimum atomic E-state index is 0.0567. The fraction of sp³-hybridized carbons (Fsp3) is 0.381. The van der Waals surface area contributed by atoms with E-state index < -0.39 is 0 Å². The molecule has 132 valence electrons. The van der Waals surface area contributed by atoms with Gasteiger partial charge in [-0.1, -0.05) is 29.8 Å². The van der Waals surface area contributed by atoms with Crippen LogP contribution in [0.15, 0.2) is 42.5 Å². The lowest BCUT2D eigenvalue weighted by molar-refractivity contribution is -0.133. The fourth-order valence-corrected chi connectivity index (χ4v) is 3.15. The van der Waals surface area contributed by atoms with Gasteiger partial charge in [-0.2, -0.15) is 0 Å².